The number of nitrogens with two attached hydrogens (primary N) is 1. The van der Waals surface area contributed by atoms with Crippen LogP contribution in [0.1, 0.15) is 131 Å². The molecule has 0 saturated heterocycles. The second-order valence-electron chi connectivity index (χ2n) is 29.1. The highest BCUT2D eigenvalue weighted by atomic mass is 35.5. The number of aliphatic hydroxyl groups is 2. The molecule has 9 aromatic rings. The number of alkyl halides is 10. The van der Waals surface area contributed by atoms with Gasteiger partial charge in [-0.3, -0.25) is 28.7 Å². The maximum absolute atomic E-state index is 13.4. The first-order valence-corrected chi connectivity index (χ1v) is 47.8. The Morgan fingerprint density at radius 2 is 0.858 bits per heavy atom. The predicted molar refractivity (Wildman–Crippen MR) is 450 cm³/mol. The number of rotatable bonds is 27. The van der Waals surface area contributed by atoms with Crippen molar-refractivity contribution >= 4 is 145 Å². The SMILES string of the molecule is CC(C)(C)[Si](C)(C)OCCC=O.CCl.Cc1ccc(S(=O)(=O)Nc2cc(Cl)cnc2C(=O)c2ccnc(N)c2)cc1C(F)(F)F.Cc1ccc(S(=O)(=O)Nc2cc(Cl)cnc2C(=O)c2ccnc(NCCO)c2)cc1C(F)(F)F.Cc1ccc(S(=O)(=O)Nc2cc(Cl)cnc2C(O)c2ccnc(NCCO[Si](C)(C)C(C)(C)C)c2)cc1C(F)(F)F. The number of aldehydes is 1. The summed E-state index contributed by atoms with van der Waals surface area (Å²) in [5.74, 6) is -0.584. The van der Waals surface area contributed by atoms with Gasteiger partial charge in [0.15, 0.2) is 16.6 Å². The lowest BCUT2D eigenvalue weighted by molar-refractivity contribution is -0.139. The zero-order valence-electron chi connectivity index (χ0n) is 67.0. The standard InChI is InChI=1S/C27H34ClF3N4O4SSi.C21H18ClF3N4O4S.C19H14ClF3N4O3S.C9H20O2Si.CH3Cl/c1-17-7-8-20(15-21(17)27(29,30)31)40(37,38)35-22-14-19(28)16-34-24(22)25(36)18-9-10-32-23(13-18)33-11-12-39-41(5,6)26(2,3)4;1-12-2-3-15(10-16(12)21(23,24)25)34(32,33)29-17-9-14(22)11-28-19(17)20(31)13-4-5-26-18(8-13)27-6-7-30;1-10-2-3-13(8-14(10)19(21,22)23)31(29,30)27-15-7-12(20)9-26-17(15)18(28)11-4-5-25-16(24)6-11;1-9(2,3)12(4,5)11-8-6-7-10;1-2/h7-10,13-16,25,35-36H,11-12H2,1-6H3,(H,32,33);2-5,8-11,29-30H,6-7H2,1H3,(H,26,27);2-9,27H,1H3,(H2,24,25);7H,6,8H2,1-5H3;1H3. The molecule has 120 heavy (non-hydrogen) atoms. The summed E-state index contributed by atoms with van der Waals surface area (Å²) >= 11 is 22.5. The maximum atomic E-state index is 13.4. The summed E-state index contributed by atoms with van der Waals surface area (Å²) in [6.45, 7) is 26.9. The van der Waals surface area contributed by atoms with Crippen molar-refractivity contribution in [3.8, 4) is 0 Å². The van der Waals surface area contributed by atoms with Crippen molar-refractivity contribution in [3.63, 3.8) is 0 Å². The highest BCUT2D eigenvalue weighted by Gasteiger charge is 2.40. The average molecular weight is 1860 g/mol. The monoisotopic (exact) mass is 1850 g/mol. The Hall–Kier alpha value is -8.98. The predicted octanol–water partition coefficient (Wildman–Crippen LogP) is 18.2. The number of halogens is 13. The van der Waals surface area contributed by atoms with Crippen molar-refractivity contribution in [2.75, 3.05) is 69.8 Å². The molecular weight excluding hydrogens is 1770 g/mol. The Balaban J connectivity index is 0.000000298. The van der Waals surface area contributed by atoms with Crippen molar-refractivity contribution in [3.05, 3.63) is 229 Å². The summed E-state index contributed by atoms with van der Waals surface area (Å²) in [6.07, 6.45) is -5.17. The number of sulfonamides is 3. The number of carbonyl (C=O) groups excluding carboxylic acids is 3. The van der Waals surface area contributed by atoms with Crippen LogP contribution in [0.15, 0.2) is 161 Å². The first-order chi connectivity index (χ1) is 55.4. The van der Waals surface area contributed by atoms with Crippen LogP contribution in [0.3, 0.4) is 0 Å². The lowest BCUT2D eigenvalue weighted by Crippen LogP contribution is -2.41. The third kappa shape index (κ3) is 28.8. The fraction of sp³-hybridized carbons (Fsp3) is 0.338. The highest BCUT2D eigenvalue weighted by molar-refractivity contribution is 7.93. The second-order valence-corrected chi connectivity index (χ2v) is 45.1. The molecule has 0 saturated carbocycles. The van der Waals surface area contributed by atoms with E-state index in [2.05, 4.69) is 134 Å². The average Bonchev–Trinajstić information content (AvgIpc) is 0.789. The van der Waals surface area contributed by atoms with Gasteiger partial charge in [-0.05, 0) is 170 Å². The summed E-state index contributed by atoms with van der Waals surface area (Å²) in [6, 6.07) is 19.8. The van der Waals surface area contributed by atoms with E-state index in [1.54, 1.807) is 6.07 Å². The first-order valence-electron chi connectivity index (χ1n) is 35.6. The minimum Gasteiger partial charge on any atom is -0.416 e. The van der Waals surface area contributed by atoms with Gasteiger partial charge in [0.2, 0.25) is 11.6 Å². The summed E-state index contributed by atoms with van der Waals surface area (Å²) in [5, 5.41) is 26.4. The van der Waals surface area contributed by atoms with E-state index in [9.17, 15) is 84.3 Å². The molecule has 43 heteroatoms. The number of benzene rings is 3. The van der Waals surface area contributed by atoms with Crippen LogP contribution < -0.4 is 30.5 Å². The number of nitrogens with zero attached hydrogens (tertiary/aromatic N) is 6. The minimum absolute atomic E-state index is 0.00313. The number of aromatic nitrogens is 6. The number of hydrogen-bond acceptors (Lipinski definition) is 22. The number of hydrogen-bond donors (Lipinski definition) is 8. The summed E-state index contributed by atoms with van der Waals surface area (Å²) in [4.78, 5) is 58.0. The molecule has 0 bridgehead atoms. The molecule has 0 fully saturated rings. The van der Waals surface area contributed by atoms with E-state index < -0.39 is 114 Å². The molecule has 9 rings (SSSR count). The number of aryl methyl sites for hydroxylation is 3. The largest absolute Gasteiger partial charge is 0.416 e. The molecule has 1 atom stereocenters. The van der Waals surface area contributed by atoms with Gasteiger partial charge in [-0.15, -0.1) is 11.6 Å². The Labute approximate surface area is 711 Å². The van der Waals surface area contributed by atoms with Crippen LogP contribution in [0.5, 0.6) is 0 Å². The molecule has 0 spiro atoms. The number of nitrogens with one attached hydrogen (secondary N) is 5. The Kier molecular flexibility index (Phi) is 35.7. The van der Waals surface area contributed by atoms with Gasteiger partial charge in [-0.1, -0.05) is 94.5 Å². The van der Waals surface area contributed by atoms with E-state index in [0.29, 0.717) is 55.8 Å². The van der Waals surface area contributed by atoms with Crippen LogP contribution in [0.2, 0.25) is 51.3 Å². The molecule has 0 aliphatic heterocycles. The van der Waals surface area contributed by atoms with E-state index in [4.69, 9.17) is 54.5 Å². The fourth-order valence-electron chi connectivity index (χ4n) is 9.85. The number of ketones is 2. The first kappa shape index (κ1) is 102. The lowest BCUT2D eigenvalue weighted by atomic mass is 10.1. The number of nitrogen functional groups attached to an aromatic ring is 1. The zero-order valence-corrected chi connectivity index (χ0v) is 74.5. The topological polar surface area (TPSA) is 376 Å². The van der Waals surface area contributed by atoms with Gasteiger partial charge in [0.05, 0.1) is 82.4 Å². The smallest absolute Gasteiger partial charge is 0.416 e. The van der Waals surface area contributed by atoms with Crippen molar-refractivity contribution in [2.45, 2.75) is 144 Å². The number of aliphatic hydroxyl groups excluding tert-OH is 2. The molecule has 6 heterocycles. The Bertz CT molecular complexity index is 5470. The van der Waals surface area contributed by atoms with Gasteiger partial charge in [-0.2, -0.15) is 39.5 Å². The minimum atomic E-state index is -4.75. The van der Waals surface area contributed by atoms with Gasteiger partial charge in [0.25, 0.3) is 30.1 Å². The van der Waals surface area contributed by atoms with Crippen LogP contribution in [-0.4, -0.2) is 139 Å². The van der Waals surface area contributed by atoms with Crippen molar-refractivity contribution in [2.24, 2.45) is 0 Å². The molecular formula is C77H89Cl4F9N12O13S3Si2. The molecule has 0 aliphatic rings. The molecule has 9 N–H and O–H groups in total. The summed E-state index contributed by atoms with van der Waals surface area (Å²) < 4.78 is 215. The molecule has 0 amide bonds. The lowest BCUT2D eigenvalue weighted by Gasteiger charge is -2.36. The Morgan fingerprint density at radius 1 is 0.500 bits per heavy atom. The summed E-state index contributed by atoms with van der Waals surface area (Å²) in [5.41, 5.74) is 0.881. The van der Waals surface area contributed by atoms with E-state index in [1.807, 2.05) is 0 Å². The molecule has 6 aromatic heterocycles. The zero-order chi connectivity index (χ0) is 90.7. The third-order valence-electron chi connectivity index (χ3n) is 18.3. The van der Waals surface area contributed by atoms with Crippen LogP contribution in [0.4, 0.5) is 74.0 Å². The summed E-state index contributed by atoms with van der Waals surface area (Å²) in [7, 11) is -17.1. The van der Waals surface area contributed by atoms with Gasteiger partial charge < -0.3 is 40.2 Å². The van der Waals surface area contributed by atoms with Gasteiger partial charge >= 0.3 is 18.5 Å². The van der Waals surface area contributed by atoms with Gasteiger partial charge in [-0.25, -0.2) is 50.2 Å². The maximum Gasteiger partial charge on any atom is 0.416 e. The second kappa shape index (κ2) is 42.2. The highest BCUT2D eigenvalue weighted by Crippen LogP contribution is 2.41. The molecule has 0 aliphatic carbocycles. The van der Waals surface area contributed by atoms with E-state index in [1.165, 1.54) is 88.3 Å². The molecule has 1 unspecified atom stereocenters. The normalized spacial score (nSPS) is 12.4. The quantitative estimate of drug-likeness (QED) is 0.00592. The Morgan fingerprint density at radius 3 is 1.25 bits per heavy atom. The number of pyridine rings is 6. The van der Waals surface area contributed by atoms with Crippen LogP contribution in [0.25, 0.3) is 0 Å². The van der Waals surface area contributed by atoms with E-state index in [0.717, 1.165) is 67.2 Å². The van der Waals surface area contributed by atoms with Gasteiger partial charge in [0.1, 0.15) is 41.2 Å². The van der Waals surface area contributed by atoms with Crippen LogP contribution in [0, 0.1) is 20.8 Å². The van der Waals surface area contributed by atoms with Crippen LogP contribution >= 0.6 is 46.4 Å². The molecule has 3 aromatic carbocycles. The number of anilines is 6. The van der Waals surface area contributed by atoms with E-state index >= 15 is 0 Å². The van der Waals surface area contributed by atoms with Crippen molar-refractivity contribution in [1.82, 2.24) is 29.9 Å². The van der Waals surface area contributed by atoms with Crippen molar-refractivity contribution in [1.29, 1.82) is 0 Å². The number of carbonyl (C=O) groups is 3. The molecule has 0 radical (unpaired) electrons. The third-order valence-corrected chi connectivity index (χ3v) is 32.0. The van der Waals surface area contributed by atoms with Gasteiger partial charge in [0, 0.05) is 80.8 Å². The van der Waals surface area contributed by atoms with Crippen LogP contribution in [-0.2, 0) is 62.2 Å². The molecule has 25 nitrogen and oxygen atoms in total. The molecule has 652 valence electrons. The van der Waals surface area contributed by atoms with E-state index in [-0.39, 0.29) is 112 Å². The fourth-order valence-corrected chi connectivity index (χ4v) is 15.7. The van der Waals surface area contributed by atoms with Crippen molar-refractivity contribution < 1.29 is 98.2 Å².